The molecule has 3 aliphatic heterocycles. The average Bonchev–Trinajstić information content (AvgIpc) is 1.59. The normalized spacial score (nSPS) is 12.5. The molecule has 25 aromatic rings. The number of benzene rings is 20. The topological polar surface area (TPSA) is 90.0 Å². The van der Waals surface area contributed by atoms with Crippen molar-refractivity contribution in [1.29, 1.82) is 0 Å². The van der Waals surface area contributed by atoms with Crippen LogP contribution in [0.15, 0.2) is 436 Å². The number of aromatic nitrogens is 2. The van der Waals surface area contributed by atoms with Crippen molar-refractivity contribution in [3.05, 3.63) is 501 Å². The van der Waals surface area contributed by atoms with Gasteiger partial charge in [-0.25, -0.2) is 0 Å². The number of hydrogen-bond acceptors (Lipinski definition) is 11. The molecule has 0 unspecified atom stereocenters. The molecule has 0 amide bonds. The number of hydrogen-bond donors (Lipinski definition) is 0. The molecule has 3 aliphatic rings. The summed E-state index contributed by atoms with van der Waals surface area (Å²) < 4.78 is 35.9. The minimum Gasteiger partial charge on any atom is -0.493 e. The number of para-hydroxylation sites is 12. The Balaban J connectivity index is 0.000000108. The zero-order valence-electron chi connectivity index (χ0n) is 82.9. The first-order valence-electron chi connectivity index (χ1n) is 49.4. The summed E-state index contributed by atoms with van der Waals surface area (Å²) in [5, 5.41) is 9.11. The van der Waals surface area contributed by atoms with E-state index in [2.05, 4.69) is 472 Å². The molecule has 0 N–H and O–H groups in total. The molecule has 0 saturated carbocycles. The Morgan fingerprint density at radius 1 is 0.257 bits per heavy atom. The minimum absolute atomic E-state index is 0. The SMILES string of the molecule is COc1n(-c2cc(C)cc(C)c2)c2ccc(-c3cccc4c3oc3ccccc34)cc2[n+]1-c1ccccc1.Cc1[c-]c(N2[CH-]N(c3ccccc3)c3cc(-c4cccc5c4oc4ccccc45)ccc32)cc(C)c1.Cc1cc(C)cc(N2[CH-]N(c3[c-]cccc3)c3cc(-c4cccc5c4oc4ccccc45)ccc32)c1.Cc1cc(C)cc(N2[CH-]N(c3[c-]cccc3)c3cc(-c4cccc5c4oc4ccccc45)ccc32)c1.[Ir].[Ir]. The second-order valence-corrected chi connectivity index (χ2v) is 38.1. The third-order valence-electron chi connectivity index (χ3n) is 27.8. The maximum atomic E-state index is 6.37. The molecule has 2 radical (unpaired) electrons. The van der Waals surface area contributed by atoms with E-state index in [-0.39, 0.29) is 40.2 Å². The summed E-state index contributed by atoms with van der Waals surface area (Å²) in [7, 11) is 1.74. The summed E-state index contributed by atoms with van der Waals surface area (Å²) in [6.45, 7) is 23.6. The molecule has 0 saturated heterocycles. The van der Waals surface area contributed by atoms with Crippen molar-refractivity contribution >= 4 is 167 Å². The molecule has 0 aliphatic carbocycles. The van der Waals surface area contributed by atoms with E-state index in [9.17, 15) is 0 Å². The number of rotatable bonds is 13. The quantitative estimate of drug-likeness (QED) is 0.0817. The first-order chi connectivity index (χ1) is 71.6. The summed E-state index contributed by atoms with van der Waals surface area (Å²) in [5.41, 5.74) is 43.3. The van der Waals surface area contributed by atoms with Crippen LogP contribution < -0.4 is 38.7 Å². The second kappa shape index (κ2) is 39.5. The molecular formula is C133H99Ir2N8O5-5. The van der Waals surface area contributed by atoms with Crippen LogP contribution in [-0.2, 0) is 40.2 Å². The summed E-state index contributed by atoms with van der Waals surface area (Å²) in [5.74, 6) is 0. The Labute approximate surface area is 886 Å². The maximum Gasteiger partial charge on any atom is 0.467 e. The summed E-state index contributed by atoms with van der Waals surface area (Å²) in [6.07, 6.45) is 0. The summed E-state index contributed by atoms with van der Waals surface area (Å²) in [6, 6.07) is 158. The van der Waals surface area contributed by atoms with Gasteiger partial charge >= 0.3 is 6.01 Å². The molecule has 15 heteroatoms. The van der Waals surface area contributed by atoms with E-state index in [4.69, 9.17) is 22.4 Å². The fourth-order valence-corrected chi connectivity index (χ4v) is 21.6. The van der Waals surface area contributed by atoms with Gasteiger partial charge in [0, 0.05) is 157 Å². The van der Waals surface area contributed by atoms with Gasteiger partial charge in [0.25, 0.3) is 0 Å². The number of furan rings is 4. The van der Waals surface area contributed by atoms with Gasteiger partial charge in [0.2, 0.25) is 0 Å². The van der Waals surface area contributed by atoms with Gasteiger partial charge in [0.1, 0.15) is 56.0 Å². The van der Waals surface area contributed by atoms with Crippen molar-refractivity contribution in [2.75, 3.05) is 36.5 Å². The van der Waals surface area contributed by atoms with Gasteiger partial charge in [-0.1, -0.05) is 232 Å². The van der Waals surface area contributed by atoms with Crippen LogP contribution >= 0.6 is 0 Å². The fraction of sp³-hybridized carbons (Fsp3) is 0.0677. The van der Waals surface area contributed by atoms with Crippen LogP contribution in [0.3, 0.4) is 0 Å². The van der Waals surface area contributed by atoms with Gasteiger partial charge in [-0.3, -0.25) is 0 Å². The monoisotopic (exact) mass is 2270 g/mol. The molecule has 28 rings (SSSR count). The third kappa shape index (κ3) is 17.3. The standard InChI is InChI=1S/C34H27N2O2.3C33H24N2O.2Ir/c1-22-18-23(2)20-26(19-22)36-30-17-16-24(21-31(30)35(34(36)37-3)25-10-5-4-6-11-25)27-13-9-14-29-28-12-7-8-15-32(28)38-33(27)29;3*1-22-17-23(2)19-26(18-22)35-21-34(25-9-4-3-5-10-25)31-20-24(15-16-30(31)35)27-12-8-13-29-28-11-6-7-14-32(28)36-33(27)29;;/h4-21H,1-3H3;2*3-9,11-21H,1-2H3;3-18,20-21H,1-2H3;;/q+1;3*-2;;. The molecule has 13 nitrogen and oxygen atoms in total. The summed E-state index contributed by atoms with van der Waals surface area (Å²) in [4.78, 5) is 13.4. The van der Waals surface area contributed by atoms with Crippen molar-refractivity contribution in [3.63, 3.8) is 0 Å². The molecule has 0 spiro atoms. The third-order valence-corrected chi connectivity index (χ3v) is 27.8. The number of anilines is 12. The van der Waals surface area contributed by atoms with E-state index in [1.807, 2.05) is 78.9 Å². The fourth-order valence-electron chi connectivity index (χ4n) is 21.6. The van der Waals surface area contributed by atoms with Crippen LogP contribution in [0.5, 0.6) is 6.01 Å². The first-order valence-corrected chi connectivity index (χ1v) is 49.4. The molecule has 724 valence electrons. The number of imidazole rings is 1. The van der Waals surface area contributed by atoms with Gasteiger partial charge in [-0.05, 0) is 237 Å². The minimum atomic E-state index is 0. The molecule has 20 aromatic carbocycles. The Morgan fingerprint density at radius 3 is 0.966 bits per heavy atom. The molecule has 0 fully saturated rings. The van der Waals surface area contributed by atoms with Crippen molar-refractivity contribution in [2.24, 2.45) is 0 Å². The van der Waals surface area contributed by atoms with E-state index < -0.39 is 0 Å². The predicted molar refractivity (Wildman–Crippen MR) is 600 cm³/mol. The molecule has 8 heterocycles. The van der Waals surface area contributed by atoms with E-state index in [1.54, 1.807) is 7.11 Å². The van der Waals surface area contributed by atoms with Gasteiger partial charge < -0.3 is 51.8 Å². The number of aryl methyl sites for hydroxylation is 8. The summed E-state index contributed by atoms with van der Waals surface area (Å²) >= 11 is 0. The largest absolute Gasteiger partial charge is 0.493 e. The Hall–Kier alpha value is -17.0. The zero-order valence-corrected chi connectivity index (χ0v) is 87.6. The van der Waals surface area contributed by atoms with Crippen LogP contribution in [0.2, 0.25) is 0 Å². The van der Waals surface area contributed by atoms with Gasteiger partial charge in [-0.2, -0.15) is 93.1 Å². The first kappa shape index (κ1) is 94.5. The number of nitrogens with zero attached hydrogens (tertiary/aromatic N) is 8. The van der Waals surface area contributed by atoms with Gasteiger partial charge in [0.05, 0.1) is 7.11 Å². The number of ether oxygens (including phenoxy) is 1. The van der Waals surface area contributed by atoms with E-state index in [1.165, 1.54) is 38.9 Å². The van der Waals surface area contributed by atoms with Crippen molar-refractivity contribution in [1.82, 2.24) is 4.57 Å². The molecular weight excluding hydrogens is 2170 g/mol. The molecule has 5 aromatic heterocycles. The van der Waals surface area contributed by atoms with Gasteiger partial charge in [-0.15, -0.1) is 43.1 Å². The molecule has 0 bridgehead atoms. The van der Waals surface area contributed by atoms with Crippen LogP contribution in [0.4, 0.5) is 68.2 Å². The Morgan fingerprint density at radius 2 is 0.581 bits per heavy atom. The van der Waals surface area contributed by atoms with Crippen LogP contribution in [0.1, 0.15) is 44.5 Å². The number of fused-ring (bicyclic) bond motifs is 16. The number of methoxy groups -OCH3 is 1. The van der Waals surface area contributed by atoms with Crippen LogP contribution in [0, 0.1) is 93.6 Å². The van der Waals surface area contributed by atoms with Crippen LogP contribution in [-0.4, -0.2) is 11.7 Å². The van der Waals surface area contributed by atoms with E-state index >= 15 is 0 Å². The zero-order chi connectivity index (χ0) is 98.5. The van der Waals surface area contributed by atoms with E-state index in [0.29, 0.717) is 0 Å². The molecule has 148 heavy (non-hydrogen) atoms. The van der Waals surface area contributed by atoms with Crippen molar-refractivity contribution < 1.29 is 67.2 Å². The Bertz CT molecular complexity index is 8690. The maximum absolute atomic E-state index is 6.37. The van der Waals surface area contributed by atoms with E-state index in [0.717, 1.165) is 234 Å². The van der Waals surface area contributed by atoms with Crippen molar-refractivity contribution in [2.45, 2.75) is 55.4 Å². The molecule has 0 atom stereocenters. The average molecular weight is 2270 g/mol. The van der Waals surface area contributed by atoms with Crippen molar-refractivity contribution in [3.8, 4) is 61.9 Å². The predicted octanol–water partition coefficient (Wildman–Crippen LogP) is 35.3. The second-order valence-electron chi connectivity index (χ2n) is 38.1. The smallest absolute Gasteiger partial charge is 0.467 e. The van der Waals surface area contributed by atoms with Gasteiger partial charge in [0.15, 0.2) is 11.0 Å². The van der Waals surface area contributed by atoms with Crippen LogP contribution in [0.25, 0.3) is 155 Å². The Kier molecular flexibility index (Phi) is 25.2.